The van der Waals surface area contributed by atoms with Crippen LogP contribution in [0.3, 0.4) is 0 Å². The van der Waals surface area contributed by atoms with Gasteiger partial charge in [0.05, 0.1) is 19.3 Å². The normalized spacial score (nSPS) is 9.88. The number of benzene rings is 1. The Morgan fingerprint density at radius 1 is 1.31 bits per heavy atom. The van der Waals surface area contributed by atoms with E-state index < -0.39 is 11.8 Å². The van der Waals surface area contributed by atoms with Gasteiger partial charge in [-0.1, -0.05) is 12.1 Å². The molecule has 0 bridgehead atoms. The maximum absolute atomic E-state index is 11.4. The highest BCUT2D eigenvalue weighted by molar-refractivity contribution is 6.40. The van der Waals surface area contributed by atoms with E-state index in [1.807, 2.05) is 0 Å². The van der Waals surface area contributed by atoms with Gasteiger partial charge in [-0.05, 0) is 6.07 Å². The molecule has 0 spiro atoms. The van der Waals surface area contributed by atoms with E-state index in [0.717, 1.165) is 0 Å². The minimum atomic E-state index is -1.51. The smallest absolute Gasteiger partial charge is 0.377 e. The molecule has 0 aliphatic rings. The molecule has 0 saturated heterocycles. The summed E-state index contributed by atoms with van der Waals surface area (Å²) < 4.78 is 9.96. The van der Waals surface area contributed by atoms with Crippen molar-refractivity contribution >= 4 is 11.8 Å². The standard InChI is InChI=1S/C11H12O5/c1-15-6-7-4-3-5-8(10(7)16-2)9(12)11(13)14/h3-5H,6H2,1-2H3,(H,13,14). The summed E-state index contributed by atoms with van der Waals surface area (Å²) in [5.74, 6) is -2.25. The van der Waals surface area contributed by atoms with Crippen molar-refractivity contribution in [1.82, 2.24) is 0 Å². The van der Waals surface area contributed by atoms with Crippen molar-refractivity contribution in [3.63, 3.8) is 0 Å². The van der Waals surface area contributed by atoms with E-state index in [4.69, 9.17) is 14.6 Å². The van der Waals surface area contributed by atoms with Gasteiger partial charge in [0.1, 0.15) is 5.75 Å². The Morgan fingerprint density at radius 2 is 2.00 bits per heavy atom. The van der Waals surface area contributed by atoms with Gasteiger partial charge in [-0.3, -0.25) is 4.79 Å². The van der Waals surface area contributed by atoms with E-state index in [0.29, 0.717) is 5.56 Å². The largest absolute Gasteiger partial charge is 0.496 e. The third-order valence-corrected chi connectivity index (χ3v) is 2.04. The summed E-state index contributed by atoms with van der Waals surface area (Å²) in [6, 6.07) is 4.71. The molecule has 5 nitrogen and oxygen atoms in total. The quantitative estimate of drug-likeness (QED) is 0.599. The Balaban J connectivity index is 3.23. The number of methoxy groups -OCH3 is 2. The van der Waals surface area contributed by atoms with Crippen LogP contribution < -0.4 is 4.74 Å². The van der Waals surface area contributed by atoms with Crippen LogP contribution in [0.4, 0.5) is 0 Å². The Bertz CT molecular complexity index is 411. The van der Waals surface area contributed by atoms with Crippen LogP contribution in [0, 0.1) is 0 Å². The molecule has 0 aliphatic heterocycles. The number of ketones is 1. The first-order chi connectivity index (χ1) is 7.61. The first-order valence-electron chi connectivity index (χ1n) is 4.54. The number of hydrogen-bond donors (Lipinski definition) is 1. The maximum atomic E-state index is 11.4. The molecule has 0 radical (unpaired) electrons. The van der Waals surface area contributed by atoms with Crippen LogP contribution in [-0.2, 0) is 16.1 Å². The Kier molecular flexibility index (Phi) is 4.02. The first-order valence-corrected chi connectivity index (χ1v) is 4.54. The van der Waals surface area contributed by atoms with Crippen LogP contribution in [0.5, 0.6) is 5.75 Å². The van der Waals surface area contributed by atoms with Crippen LogP contribution >= 0.6 is 0 Å². The fourth-order valence-electron chi connectivity index (χ4n) is 1.39. The van der Waals surface area contributed by atoms with E-state index in [-0.39, 0.29) is 17.9 Å². The number of para-hydroxylation sites is 1. The number of carboxylic acid groups (broad SMARTS) is 1. The highest BCUT2D eigenvalue weighted by Crippen LogP contribution is 2.24. The van der Waals surface area contributed by atoms with Gasteiger partial charge in [0.15, 0.2) is 0 Å². The highest BCUT2D eigenvalue weighted by atomic mass is 16.5. The summed E-state index contributed by atoms with van der Waals surface area (Å²) >= 11 is 0. The SMILES string of the molecule is COCc1cccc(C(=O)C(=O)O)c1OC. The zero-order chi connectivity index (χ0) is 12.1. The van der Waals surface area contributed by atoms with Crippen LogP contribution in [0.1, 0.15) is 15.9 Å². The fourth-order valence-corrected chi connectivity index (χ4v) is 1.39. The fraction of sp³-hybridized carbons (Fsp3) is 0.273. The molecule has 0 aromatic heterocycles. The lowest BCUT2D eigenvalue weighted by Gasteiger charge is -2.10. The highest BCUT2D eigenvalue weighted by Gasteiger charge is 2.20. The van der Waals surface area contributed by atoms with Crippen LogP contribution in [-0.4, -0.2) is 31.1 Å². The van der Waals surface area contributed by atoms with Crippen LogP contribution in [0.15, 0.2) is 18.2 Å². The number of carboxylic acids is 1. The van der Waals surface area contributed by atoms with E-state index >= 15 is 0 Å². The monoisotopic (exact) mass is 224 g/mol. The number of carbonyl (C=O) groups is 2. The van der Waals surface area contributed by atoms with Crippen molar-refractivity contribution in [2.75, 3.05) is 14.2 Å². The second kappa shape index (κ2) is 5.27. The lowest BCUT2D eigenvalue weighted by molar-refractivity contribution is -0.131. The van der Waals surface area contributed by atoms with Crippen LogP contribution in [0.2, 0.25) is 0 Å². The molecule has 86 valence electrons. The third-order valence-electron chi connectivity index (χ3n) is 2.04. The van der Waals surface area contributed by atoms with E-state index in [1.165, 1.54) is 20.3 Å². The summed E-state index contributed by atoms with van der Waals surface area (Å²) in [6.45, 7) is 0.254. The lowest BCUT2D eigenvalue weighted by Crippen LogP contribution is -2.14. The number of Topliss-reactive ketones (excluding diaryl/α,β-unsaturated/α-hetero) is 1. The van der Waals surface area contributed by atoms with Gasteiger partial charge >= 0.3 is 5.97 Å². The van der Waals surface area contributed by atoms with E-state index in [2.05, 4.69) is 0 Å². The number of ether oxygens (including phenoxy) is 2. The van der Waals surface area contributed by atoms with Gasteiger partial charge < -0.3 is 14.6 Å². The Labute approximate surface area is 92.6 Å². The molecule has 5 heteroatoms. The predicted molar refractivity (Wildman–Crippen MR) is 55.7 cm³/mol. The van der Waals surface area contributed by atoms with Crippen LogP contribution in [0.25, 0.3) is 0 Å². The molecule has 0 unspecified atom stereocenters. The second-order valence-electron chi connectivity index (χ2n) is 3.07. The summed E-state index contributed by atoms with van der Waals surface area (Å²) in [5, 5.41) is 8.64. The van der Waals surface area contributed by atoms with Crippen molar-refractivity contribution in [1.29, 1.82) is 0 Å². The van der Waals surface area contributed by atoms with E-state index in [1.54, 1.807) is 12.1 Å². The molecule has 0 atom stereocenters. The molecule has 0 saturated carbocycles. The van der Waals surface area contributed by atoms with Gasteiger partial charge in [0, 0.05) is 12.7 Å². The van der Waals surface area contributed by atoms with Gasteiger partial charge in [0.2, 0.25) is 0 Å². The average molecular weight is 224 g/mol. The topological polar surface area (TPSA) is 72.8 Å². The minimum Gasteiger partial charge on any atom is -0.496 e. The van der Waals surface area contributed by atoms with Gasteiger partial charge in [-0.15, -0.1) is 0 Å². The Morgan fingerprint density at radius 3 is 2.50 bits per heavy atom. The minimum absolute atomic E-state index is 0.0320. The molecule has 1 N–H and O–H groups in total. The molecule has 0 fully saturated rings. The lowest BCUT2D eigenvalue weighted by atomic mass is 10.1. The van der Waals surface area contributed by atoms with Crippen molar-refractivity contribution in [2.24, 2.45) is 0 Å². The predicted octanol–water partition coefficient (Wildman–Crippen LogP) is 1.11. The maximum Gasteiger partial charge on any atom is 0.377 e. The number of aliphatic carboxylic acids is 1. The zero-order valence-electron chi connectivity index (χ0n) is 9.02. The molecule has 0 heterocycles. The second-order valence-corrected chi connectivity index (χ2v) is 3.07. The van der Waals surface area contributed by atoms with E-state index in [9.17, 15) is 9.59 Å². The molecular weight excluding hydrogens is 212 g/mol. The van der Waals surface area contributed by atoms with Gasteiger partial charge in [0.25, 0.3) is 5.78 Å². The zero-order valence-corrected chi connectivity index (χ0v) is 9.02. The number of carbonyl (C=O) groups excluding carboxylic acids is 1. The molecular formula is C11H12O5. The van der Waals surface area contributed by atoms with Gasteiger partial charge in [-0.25, -0.2) is 4.79 Å². The van der Waals surface area contributed by atoms with Crippen molar-refractivity contribution in [2.45, 2.75) is 6.61 Å². The molecule has 1 aromatic carbocycles. The molecule has 0 aliphatic carbocycles. The molecule has 1 aromatic rings. The number of rotatable bonds is 5. The summed E-state index contributed by atoms with van der Waals surface area (Å²) in [6.07, 6.45) is 0. The summed E-state index contributed by atoms with van der Waals surface area (Å²) in [5.41, 5.74) is 0.668. The van der Waals surface area contributed by atoms with Gasteiger partial charge in [-0.2, -0.15) is 0 Å². The average Bonchev–Trinajstić information content (AvgIpc) is 2.28. The van der Waals surface area contributed by atoms with Crippen molar-refractivity contribution < 1.29 is 24.2 Å². The third kappa shape index (κ3) is 2.38. The molecule has 16 heavy (non-hydrogen) atoms. The first kappa shape index (κ1) is 12.2. The molecule has 1 rings (SSSR count). The molecule has 0 amide bonds. The summed E-state index contributed by atoms with van der Waals surface area (Å²) in [7, 11) is 2.89. The van der Waals surface area contributed by atoms with Crippen molar-refractivity contribution in [3.05, 3.63) is 29.3 Å². The number of hydrogen-bond acceptors (Lipinski definition) is 4. The summed E-state index contributed by atoms with van der Waals surface area (Å²) in [4.78, 5) is 22.0. The van der Waals surface area contributed by atoms with Crippen molar-refractivity contribution in [3.8, 4) is 5.75 Å². The Hall–Kier alpha value is -1.88.